The first-order valence-corrected chi connectivity index (χ1v) is 16.5. The zero-order chi connectivity index (χ0) is 32.2. The Hall–Kier alpha value is -4.44. The van der Waals surface area contributed by atoms with Crippen LogP contribution in [-0.4, -0.2) is 22.8 Å². The number of allylic oxidation sites excluding steroid dienone is 5. The van der Waals surface area contributed by atoms with Gasteiger partial charge in [0.1, 0.15) is 5.82 Å². The minimum absolute atomic E-state index is 0.723. The summed E-state index contributed by atoms with van der Waals surface area (Å²) in [6, 6.07) is 23.7. The summed E-state index contributed by atoms with van der Waals surface area (Å²) in [4.78, 5) is 8.63. The minimum Gasteiger partial charge on any atom is -0.365 e. The molecule has 0 unspecified atom stereocenters. The number of benzene rings is 3. The van der Waals surface area contributed by atoms with Gasteiger partial charge in [0.25, 0.3) is 0 Å². The van der Waals surface area contributed by atoms with E-state index in [2.05, 4.69) is 128 Å². The lowest BCUT2D eigenvalue weighted by Gasteiger charge is -2.21. The zero-order valence-corrected chi connectivity index (χ0v) is 28.2. The van der Waals surface area contributed by atoms with Crippen LogP contribution in [0.25, 0.3) is 28.2 Å². The van der Waals surface area contributed by atoms with Crippen molar-refractivity contribution in [3.8, 4) is 28.2 Å². The topological polar surface area (TPSA) is 42.2 Å². The van der Waals surface area contributed by atoms with E-state index in [0.29, 0.717) is 0 Å². The molecule has 2 aliphatic carbocycles. The molecule has 4 heteroatoms. The van der Waals surface area contributed by atoms with Gasteiger partial charge in [-0.3, -0.25) is 9.56 Å². The number of nitrogens with one attached hydrogen (secondary N) is 1. The number of hydrogen-bond acceptors (Lipinski definition) is 3. The maximum Gasteiger partial charge on any atom is 0.144 e. The van der Waals surface area contributed by atoms with Crippen LogP contribution < -0.4 is 5.32 Å². The quantitative estimate of drug-likeness (QED) is 0.181. The molecule has 234 valence electrons. The maximum absolute atomic E-state index is 4.71. The number of fused-ring (bicyclic) bond motifs is 3. The minimum atomic E-state index is 0.723. The zero-order valence-electron chi connectivity index (χ0n) is 28.2. The number of imidazole rings is 1. The van der Waals surface area contributed by atoms with Crippen molar-refractivity contribution in [3.05, 3.63) is 132 Å². The Morgan fingerprint density at radius 1 is 0.933 bits per heavy atom. The van der Waals surface area contributed by atoms with Crippen LogP contribution >= 0.6 is 0 Å². The summed E-state index contributed by atoms with van der Waals surface area (Å²) in [5, 5.41) is 3.41. The molecule has 0 bridgehead atoms. The highest BCUT2D eigenvalue weighted by Gasteiger charge is 2.23. The fraction of sp³-hybridized carbons (Fsp3) is 0.317. The van der Waals surface area contributed by atoms with Gasteiger partial charge in [0, 0.05) is 48.8 Å². The number of nitrogens with zero attached hydrogens (tertiary/aromatic N) is 3. The molecule has 1 atom stereocenters. The highest BCUT2D eigenvalue weighted by Crippen LogP contribution is 2.41. The van der Waals surface area contributed by atoms with E-state index in [9.17, 15) is 0 Å². The number of aromatic nitrogens is 2. The Labute approximate surface area is 271 Å². The third kappa shape index (κ3) is 8.19. The molecule has 1 aromatic heterocycles. The third-order valence-corrected chi connectivity index (χ3v) is 8.64. The molecule has 45 heavy (non-hydrogen) atoms. The van der Waals surface area contributed by atoms with Crippen LogP contribution in [-0.2, 0) is 6.42 Å². The van der Waals surface area contributed by atoms with E-state index in [1.165, 1.54) is 50.3 Å². The monoisotopic (exact) mass is 598 g/mol. The predicted octanol–water partition coefficient (Wildman–Crippen LogP) is 10.5. The average Bonchev–Trinajstić information content (AvgIpc) is 3.70. The van der Waals surface area contributed by atoms with E-state index in [1.54, 1.807) is 13.3 Å². The van der Waals surface area contributed by atoms with Crippen LogP contribution in [0.2, 0.25) is 0 Å². The van der Waals surface area contributed by atoms with Gasteiger partial charge in [-0.1, -0.05) is 107 Å². The number of hydrogen-bond donors (Lipinski definition) is 1. The lowest BCUT2D eigenvalue weighted by molar-refractivity contribution is 0.416. The van der Waals surface area contributed by atoms with Gasteiger partial charge in [0.15, 0.2) is 0 Å². The second kappa shape index (κ2) is 16.6. The first kappa shape index (κ1) is 33.5. The number of aryl methyl sites for hydroxylation is 1. The molecule has 1 N–H and O–H groups in total. The standard InChI is InChI=1S/C23H18N2.C16H26N2.C2H6/c1-16-7-2-5-12-22(16)25-14-13-24-23(25)20-11-6-10-19-18-9-4-3-8-17(18)15-21(19)20;1-13(2)14(3)12-15-8-5-6-9-16(15)18-11-7-10-17-4;1-2/h2-14H,15H2,1H3;5,7-8,10-11,13-14,18H,6,9,12H2,1-4H3;1-2H3/b;11-7-,17-10?;/t;14-;/m.0./s1. The van der Waals surface area contributed by atoms with Gasteiger partial charge < -0.3 is 5.32 Å². The second-order valence-corrected chi connectivity index (χ2v) is 11.9. The Balaban J connectivity index is 0.000000205. The van der Waals surface area contributed by atoms with Crippen molar-refractivity contribution in [1.29, 1.82) is 0 Å². The summed E-state index contributed by atoms with van der Waals surface area (Å²) < 4.78 is 2.20. The molecule has 0 saturated heterocycles. The van der Waals surface area contributed by atoms with Crippen LogP contribution in [0.3, 0.4) is 0 Å². The van der Waals surface area contributed by atoms with Crippen molar-refractivity contribution in [3.63, 3.8) is 0 Å². The summed E-state index contributed by atoms with van der Waals surface area (Å²) in [6.07, 6.45) is 18.6. The van der Waals surface area contributed by atoms with Gasteiger partial charge >= 0.3 is 0 Å². The van der Waals surface area contributed by atoms with E-state index < -0.39 is 0 Å². The Bertz CT molecular complexity index is 1660. The van der Waals surface area contributed by atoms with Crippen molar-refractivity contribution in [2.24, 2.45) is 16.8 Å². The SMILES string of the molecule is CC.CN=C/C=C\NC1=C(C[C@H](C)C(C)C)C=CCC1.Cc1ccccc1-n1ccnc1-c1cccc2c1Cc1ccccc1-2. The molecular weight excluding hydrogens is 548 g/mol. The average molecular weight is 599 g/mol. The van der Waals surface area contributed by atoms with Gasteiger partial charge in [-0.2, -0.15) is 0 Å². The molecule has 0 saturated carbocycles. The van der Waals surface area contributed by atoms with Crippen LogP contribution in [0, 0.1) is 18.8 Å². The Morgan fingerprint density at radius 3 is 2.44 bits per heavy atom. The number of aliphatic imine (C=N–C) groups is 1. The first-order valence-electron chi connectivity index (χ1n) is 16.5. The predicted molar refractivity (Wildman–Crippen MR) is 194 cm³/mol. The number of rotatable bonds is 8. The van der Waals surface area contributed by atoms with E-state index in [1.807, 2.05) is 32.3 Å². The van der Waals surface area contributed by atoms with Crippen molar-refractivity contribution < 1.29 is 0 Å². The molecule has 2 aliphatic rings. The molecule has 3 aromatic carbocycles. The molecule has 0 aliphatic heterocycles. The third-order valence-electron chi connectivity index (χ3n) is 8.64. The Morgan fingerprint density at radius 2 is 1.67 bits per heavy atom. The highest BCUT2D eigenvalue weighted by atomic mass is 15.1. The Kier molecular flexibility index (Phi) is 12.3. The molecular formula is C41H50N4. The van der Waals surface area contributed by atoms with E-state index >= 15 is 0 Å². The summed E-state index contributed by atoms with van der Waals surface area (Å²) in [7, 11) is 1.78. The smallest absolute Gasteiger partial charge is 0.144 e. The highest BCUT2D eigenvalue weighted by molar-refractivity contribution is 5.83. The fourth-order valence-electron chi connectivity index (χ4n) is 5.83. The van der Waals surface area contributed by atoms with Crippen molar-refractivity contribution in [2.45, 2.75) is 67.2 Å². The lowest BCUT2D eigenvalue weighted by Crippen LogP contribution is -2.13. The number of para-hydroxylation sites is 1. The lowest BCUT2D eigenvalue weighted by atomic mass is 9.88. The van der Waals surface area contributed by atoms with Crippen molar-refractivity contribution in [1.82, 2.24) is 14.9 Å². The summed E-state index contributed by atoms with van der Waals surface area (Å²) in [6.45, 7) is 13.1. The van der Waals surface area contributed by atoms with Gasteiger partial charge in [0.05, 0.1) is 0 Å². The maximum atomic E-state index is 4.71. The van der Waals surface area contributed by atoms with E-state index in [4.69, 9.17) is 4.98 Å². The molecule has 0 fully saturated rings. The van der Waals surface area contributed by atoms with Crippen LogP contribution in [0.1, 0.15) is 70.6 Å². The van der Waals surface area contributed by atoms with E-state index in [0.717, 1.165) is 43.3 Å². The molecule has 0 spiro atoms. The fourth-order valence-corrected chi connectivity index (χ4v) is 5.83. The molecule has 6 rings (SSSR count). The largest absolute Gasteiger partial charge is 0.365 e. The molecule has 1 heterocycles. The van der Waals surface area contributed by atoms with Crippen LogP contribution in [0.5, 0.6) is 0 Å². The van der Waals surface area contributed by atoms with Gasteiger partial charge in [-0.15, -0.1) is 0 Å². The second-order valence-electron chi connectivity index (χ2n) is 11.9. The molecule has 4 aromatic rings. The molecule has 0 amide bonds. The summed E-state index contributed by atoms with van der Waals surface area (Å²) in [5.41, 5.74) is 12.0. The van der Waals surface area contributed by atoms with Gasteiger partial charge in [-0.25, -0.2) is 4.98 Å². The van der Waals surface area contributed by atoms with Crippen LogP contribution in [0.4, 0.5) is 0 Å². The first-order chi connectivity index (χ1) is 22.0. The summed E-state index contributed by atoms with van der Waals surface area (Å²) in [5.74, 6) is 2.47. The van der Waals surface area contributed by atoms with Crippen molar-refractivity contribution >= 4 is 6.21 Å². The molecule has 4 nitrogen and oxygen atoms in total. The normalized spacial score (nSPS) is 14.1. The summed E-state index contributed by atoms with van der Waals surface area (Å²) >= 11 is 0. The van der Waals surface area contributed by atoms with Crippen molar-refractivity contribution in [2.75, 3.05) is 7.05 Å². The molecule has 0 radical (unpaired) electrons. The van der Waals surface area contributed by atoms with Crippen LogP contribution in [0.15, 0.2) is 120 Å². The van der Waals surface area contributed by atoms with Gasteiger partial charge in [0.2, 0.25) is 0 Å². The van der Waals surface area contributed by atoms with Gasteiger partial charge in [-0.05, 0) is 90.0 Å². The van der Waals surface area contributed by atoms with E-state index in [-0.39, 0.29) is 0 Å².